The first kappa shape index (κ1) is 11.0. The fourth-order valence-corrected chi connectivity index (χ4v) is 2.23. The van der Waals surface area contributed by atoms with Crippen molar-refractivity contribution in [2.75, 3.05) is 24.5 Å². The molecule has 1 aliphatic rings. The van der Waals surface area contributed by atoms with Crippen LogP contribution in [0.15, 0.2) is 18.2 Å². The molecule has 0 aromatic heterocycles. The molecular weight excluding hydrogens is 198 g/mol. The minimum Gasteiger partial charge on any atom is -0.371 e. The van der Waals surface area contributed by atoms with Gasteiger partial charge in [0.2, 0.25) is 0 Å². The molecule has 0 amide bonds. The van der Waals surface area contributed by atoms with E-state index in [0.717, 1.165) is 30.8 Å². The van der Waals surface area contributed by atoms with Crippen molar-refractivity contribution in [3.63, 3.8) is 0 Å². The van der Waals surface area contributed by atoms with Gasteiger partial charge in [0.15, 0.2) is 0 Å². The van der Waals surface area contributed by atoms with Crippen molar-refractivity contribution >= 4 is 5.69 Å². The molecule has 3 heteroatoms. The average Bonchev–Trinajstić information content (AvgIpc) is 2.77. The third-order valence-corrected chi connectivity index (χ3v) is 3.31. The molecule has 0 saturated carbocycles. The third-order valence-electron chi connectivity index (χ3n) is 3.31. The summed E-state index contributed by atoms with van der Waals surface area (Å²) in [5.41, 5.74) is 8.71. The van der Waals surface area contributed by atoms with Gasteiger partial charge >= 0.3 is 0 Å². The van der Waals surface area contributed by atoms with Crippen LogP contribution in [0.1, 0.15) is 17.5 Å². The van der Waals surface area contributed by atoms with E-state index < -0.39 is 0 Å². The van der Waals surface area contributed by atoms with Crippen molar-refractivity contribution in [3.8, 4) is 6.07 Å². The Balaban J connectivity index is 2.17. The summed E-state index contributed by atoms with van der Waals surface area (Å²) in [5, 5.41) is 8.87. The summed E-state index contributed by atoms with van der Waals surface area (Å²) in [4.78, 5) is 2.35. The van der Waals surface area contributed by atoms with Crippen LogP contribution < -0.4 is 10.6 Å². The van der Waals surface area contributed by atoms with Crippen LogP contribution in [0.2, 0.25) is 0 Å². The van der Waals surface area contributed by atoms with E-state index in [9.17, 15) is 0 Å². The highest BCUT2D eigenvalue weighted by molar-refractivity contribution is 5.54. The van der Waals surface area contributed by atoms with E-state index in [1.807, 2.05) is 19.1 Å². The number of nitriles is 1. The van der Waals surface area contributed by atoms with E-state index in [0.29, 0.717) is 5.92 Å². The number of hydrogen-bond donors (Lipinski definition) is 1. The maximum absolute atomic E-state index is 8.87. The zero-order valence-electron chi connectivity index (χ0n) is 9.61. The highest BCUT2D eigenvalue weighted by Crippen LogP contribution is 2.25. The van der Waals surface area contributed by atoms with Crippen LogP contribution in [-0.2, 0) is 0 Å². The van der Waals surface area contributed by atoms with Crippen LogP contribution in [0.3, 0.4) is 0 Å². The molecule has 1 aromatic rings. The van der Waals surface area contributed by atoms with E-state index in [1.54, 1.807) is 0 Å². The molecule has 1 fully saturated rings. The summed E-state index contributed by atoms with van der Waals surface area (Å²) in [6, 6.07) is 8.22. The highest BCUT2D eigenvalue weighted by Gasteiger charge is 2.21. The van der Waals surface area contributed by atoms with Gasteiger partial charge < -0.3 is 10.6 Å². The van der Waals surface area contributed by atoms with Gasteiger partial charge in [0.05, 0.1) is 11.6 Å². The second-order valence-electron chi connectivity index (χ2n) is 4.45. The molecule has 1 saturated heterocycles. The molecule has 2 N–H and O–H groups in total. The van der Waals surface area contributed by atoms with Crippen molar-refractivity contribution < 1.29 is 0 Å². The second-order valence-corrected chi connectivity index (χ2v) is 4.45. The van der Waals surface area contributed by atoms with Crippen molar-refractivity contribution in [2.45, 2.75) is 13.3 Å². The number of rotatable bonds is 2. The van der Waals surface area contributed by atoms with Gasteiger partial charge in [-0.1, -0.05) is 0 Å². The Morgan fingerprint density at radius 2 is 2.38 bits per heavy atom. The van der Waals surface area contributed by atoms with E-state index in [1.165, 1.54) is 12.1 Å². The Labute approximate surface area is 96.5 Å². The molecule has 0 spiro atoms. The molecule has 1 atom stereocenters. The van der Waals surface area contributed by atoms with Crippen LogP contribution in [0.4, 0.5) is 5.69 Å². The maximum atomic E-state index is 8.87. The highest BCUT2D eigenvalue weighted by atomic mass is 15.2. The van der Waals surface area contributed by atoms with Crippen molar-refractivity contribution in [3.05, 3.63) is 29.3 Å². The van der Waals surface area contributed by atoms with Crippen molar-refractivity contribution in [1.29, 1.82) is 5.26 Å². The molecule has 3 nitrogen and oxygen atoms in total. The van der Waals surface area contributed by atoms with Gasteiger partial charge in [-0.25, -0.2) is 0 Å². The lowest BCUT2D eigenvalue weighted by atomic mass is 10.1. The summed E-state index contributed by atoms with van der Waals surface area (Å²) in [5.74, 6) is 0.621. The average molecular weight is 215 g/mol. The smallest absolute Gasteiger partial charge is 0.0994 e. The second kappa shape index (κ2) is 4.54. The fraction of sp³-hybridized carbons (Fsp3) is 0.462. The molecule has 16 heavy (non-hydrogen) atoms. The lowest BCUT2D eigenvalue weighted by molar-refractivity contribution is 0.602. The summed E-state index contributed by atoms with van der Waals surface area (Å²) in [6.07, 6.45) is 1.18. The van der Waals surface area contributed by atoms with Crippen LogP contribution >= 0.6 is 0 Å². The summed E-state index contributed by atoms with van der Waals surface area (Å²) < 4.78 is 0. The lowest BCUT2D eigenvalue weighted by Gasteiger charge is -2.19. The third kappa shape index (κ3) is 2.02. The molecule has 1 aliphatic heterocycles. The Hall–Kier alpha value is -1.53. The summed E-state index contributed by atoms with van der Waals surface area (Å²) in [7, 11) is 0. The molecule has 1 unspecified atom stereocenters. The van der Waals surface area contributed by atoms with Gasteiger partial charge in [-0.2, -0.15) is 5.26 Å². The van der Waals surface area contributed by atoms with E-state index in [-0.39, 0.29) is 0 Å². The van der Waals surface area contributed by atoms with E-state index in [2.05, 4.69) is 17.0 Å². The van der Waals surface area contributed by atoms with Crippen molar-refractivity contribution in [2.24, 2.45) is 11.7 Å². The zero-order chi connectivity index (χ0) is 11.5. The first-order valence-corrected chi connectivity index (χ1v) is 5.70. The van der Waals surface area contributed by atoms with Gasteiger partial charge in [-0.15, -0.1) is 0 Å². The molecule has 1 heterocycles. The largest absolute Gasteiger partial charge is 0.371 e. The van der Waals surface area contributed by atoms with Crippen LogP contribution in [0, 0.1) is 24.2 Å². The molecule has 0 bridgehead atoms. The maximum Gasteiger partial charge on any atom is 0.0994 e. The predicted molar refractivity (Wildman–Crippen MR) is 65.3 cm³/mol. The molecule has 0 radical (unpaired) electrons. The van der Waals surface area contributed by atoms with Crippen molar-refractivity contribution in [1.82, 2.24) is 0 Å². The van der Waals surface area contributed by atoms with Gasteiger partial charge in [0, 0.05) is 18.8 Å². The number of hydrogen-bond acceptors (Lipinski definition) is 3. The Morgan fingerprint density at radius 1 is 1.56 bits per heavy atom. The molecule has 1 aromatic carbocycles. The number of aryl methyl sites for hydroxylation is 1. The van der Waals surface area contributed by atoms with Crippen LogP contribution in [0.25, 0.3) is 0 Å². The predicted octanol–water partition coefficient (Wildman–Crippen LogP) is 1.65. The van der Waals surface area contributed by atoms with Crippen LogP contribution in [-0.4, -0.2) is 19.6 Å². The first-order chi connectivity index (χ1) is 7.74. The quantitative estimate of drug-likeness (QED) is 0.816. The Bertz CT molecular complexity index is 420. The standard InChI is InChI=1S/C13H17N3/c1-10-6-13(3-2-12(10)8-15)16-5-4-11(7-14)9-16/h2-3,6,11H,4-5,7,9,14H2,1H3. The first-order valence-electron chi connectivity index (χ1n) is 5.70. The number of benzene rings is 1. The number of anilines is 1. The van der Waals surface area contributed by atoms with Gasteiger partial charge in [-0.3, -0.25) is 0 Å². The molecule has 84 valence electrons. The normalized spacial score (nSPS) is 19.8. The minimum absolute atomic E-state index is 0.621. The number of nitrogens with two attached hydrogens (primary N) is 1. The SMILES string of the molecule is Cc1cc(N2CCC(CN)C2)ccc1C#N. The Morgan fingerprint density at radius 3 is 2.94 bits per heavy atom. The lowest BCUT2D eigenvalue weighted by Crippen LogP contribution is -2.22. The van der Waals surface area contributed by atoms with E-state index >= 15 is 0 Å². The zero-order valence-corrected chi connectivity index (χ0v) is 9.61. The van der Waals surface area contributed by atoms with E-state index in [4.69, 9.17) is 11.0 Å². The Kier molecular flexibility index (Phi) is 3.12. The number of nitrogens with zero attached hydrogens (tertiary/aromatic N) is 2. The fourth-order valence-electron chi connectivity index (χ4n) is 2.23. The topological polar surface area (TPSA) is 53.0 Å². The molecule has 0 aliphatic carbocycles. The van der Waals surface area contributed by atoms with Gasteiger partial charge in [0.25, 0.3) is 0 Å². The minimum atomic E-state index is 0.621. The monoisotopic (exact) mass is 215 g/mol. The van der Waals surface area contributed by atoms with Crippen LogP contribution in [0.5, 0.6) is 0 Å². The molecule has 2 rings (SSSR count). The van der Waals surface area contributed by atoms with Gasteiger partial charge in [-0.05, 0) is 49.6 Å². The molecular formula is C13H17N3. The van der Waals surface area contributed by atoms with Gasteiger partial charge in [0.1, 0.15) is 0 Å². The summed E-state index contributed by atoms with van der Waals surface area (Å²) in [6.45, 7) is 4.87. The summed E-state index contributed by atoms with van der Waals surface area (Å²) >= 11 is 0.